The number of carboxylic acid groups (broad SMARTS) is 1. The molecule has 0 aliphatic heterocycles. The molecule has 0 radical (unpaired) electrons. The van der Waals surface area contributed by atoms with Crippen LogP contribution in [-0.2, 0) is 11.2 Å². The van der Waals surface area contributed by atoms with Crippen LogP contribution >= 0.6 is 0 Å². The van der Waals surface area contributed by atoms with E-state index in [4.69, 9.17) is 14.3 Å². The molecule has 1 heterocycles. The van der Waals surface area contributed by atoms with Crippen molar-refractivity contribution in [3.8, 4) is 16.9 Å². The third kappa shape index (κ3) is 3.61. The number of aryl methyl sites for hydroxylation is 1. The van der Waals surface area contributed by atoms with Gasteiger partial charge in [0, 0.05) is 17.5 Å². The van der Waals surface area contributed by atoms with Crippen molar-refractivity contribution in [2.75, 3.05) is 0 Å². The molecule has 5 nitrogen and oxygen atoms in total. The van der Waals surface area contributed by atoms with Crippen molar-refractivity contribution in [1.29, 1.82) is 0 Å². The summed E-state index contributed by atoms with van der Waals surface area (Å²) in [6, 6.07) is 14.6. The lowest BCUT2D eigenvalue weighted by Crippen LogP contribution is -2.23. The molecule has 0 fully saturated rings. The topological polar surface area (TPSA) is 76.7 Å². The van der Waals surface area contributed by atoms with Crippen LogP contribution in [-0.4, -0.2) is 17.2 Å². The molecule has 0 amide bonds. The molecule has 3 aromatic rings. The van der Waals surface area contributed by atoms with Crippen LogP contribution in [0.1, 0.15) is 25.8 Å². The molecule has 1 aromatic heterocycles. The summed E-state index contributed by atoms with van der Waals surface area (Å²) in [6.07, 6.45) is 0.609. The number of fused-ring (bicyclic) bond motifs is 1. The van der Waals surface area contributed by atoms with E-state index in [1.165, 1.54) is 13.0 Å². The van der Waals surface area contributed by atoms with Crippen molar-refractivity contribution in [1.82, 2.24) is 0 Å². The number of benzene rings is 2. The lowest BCUT2D eigenvalue weighted by molar-refractivity contribution is -0.144. The fraction of sp³-hybridized carbons (Fsp3) is 0.238. The Labute approximate surface area is 150 Å². The van der Waals surface area contributed by atoms with Crippen LogP contribution in [0.15, 0.2) is 57.7 Å². The van der Waals surface area contributed by atoms with E-state index in [9.17, 15) is 9.59 Å². The second-order valence-electron chi connectivity index (χ2n) is 6.15. The third-order valence-corrected chi connectivity index (χ3v) is 4.18. The normalized spacial score (nSPS) is 12.1. The quantitative estimate of drug-likeness (QED) is 0.671. The zero-order valence-electron chi connectivity index (χ0n) is 14.7. The molecular formula is C21H20O5. The number of rotatable bonds is 6. The van der Waals surface area contributed by atoms with Crippen molar-refractivity contribution < 1.29 is 19.1 Å². The van der Waals surface area contributed by atoms with Gasteiger partial charge < -0.3 is 14.3 Å². The highest BCUT2D eigenvalue weighted by Crippen LogP contribution is 2.33. The Kier molecular flexibility index (Phi) is 5.07. The third-order valence-electron chi connectivity index (χ3n) is 4.18. The highest BCUT2D eigenvalue weighted by atomic mass is 16.5. The first-order valence-electron chi connectivity index (χ1n) is 8.55. The molecule has 0 spiro atoms. The monoisotopic (exact) mass is 352 g/mol. The second kappa shape index (κ2) is 7.44. The van der Waals surface area contributed by atoms with E-state index < -0.39 is 17.7 Å². The predicted octanol–water partition coefficient (Wildman–Crippen LogP) is 4.26. The largest absolute Gasteiger partial charge is 0.479 e. The van der Waals surface area contributed by atoms with Crippen molar-refractivity contribution in [2.24, 2.45) is 0 Å². The first-order chi connectivity index (χ1) is 12.5. The van der Waals surface area contributed by atoms with E-state index in [1.807, 2.05) is 43.3 Å². The SMILES string of the molecule is CCCc1cc2c(-c3ccccc3)cc(=O)oc2cc1O[C@@H](C)C(=O)O. The van der Waals surface area contributed by atoms with Crippen molar-refractivity contribution in [3.63, 3.8) is 0 Å². The number of ether oxygens (including phenoxy) is 1. The summed E-state index contributed by atoms with van der Waals surface area (Å²) in [5, 5.41) is 9.92. The summed E-state index contributed by atoms with van der Waals surface area (Å²) < 4.78 is 10.9. The van der Waals surface area contributed by atoms with Crippen molar-refractivity contribution >= 4 is 16.9 Å². The van der Waals surface area contributed by atoms with Crippen LogP contribution in [0.5, 0.6) is 5.75 Å². The van der Waals surface area contributed by atoms with E-state index in [1.54, 1.807) is 6.07 Å². The summed E-state index contributed by atoms with van der Waals surface area (Å²) in [5.74, 6) is -0.616. The van der Waals surface area contributed by atoms with E-state index >= 15 is 0 Å². The number of aliphatic carboxylic acids is 1. The van der Waals surface area contributed by atoms with Gasteiger partial charge in [0.25, 0.3) is 0 Å². The Bertz CT molecular complexity index is 988. The van der Waals surface area contributed by atoms with Crippen LogP contribution in [0.4, 0.5) is 0 Å². The molecule has 3 rings (SSSR count). The van der Waals surface area contributed by atoms with Gasteiger partial charge in [-0.25, -0.2) is 9.59 Å². The van der Waals surface area contributed by atoms with Crippen LogP contribution in [0, 0.1) is 0 Å². The maximum Gasteiger partial charge on any atom is 0.344 e. The van der Waals surface area contributed by atoms with Gasteiger partial charge in [-0.1, -0.05) is 43.7 Å². The van der Waals surface area contributed by atoms with Crippen molar-refractivity contribution in [3.05, 3.63) is 64.5 Å². The zero-order valence-corrected chi connectivity index (χ0v) is 14.7. The van der Waals surface area contributed by atoms with E-state index in [0.717, 1.165) is 34.9 Å². The number of hydrogen-bond donors (Lipinski definition) is 1. The van der Waals surface area contributed by atoms with E-state index in [-0.39, 0.29) is 0 Å². The lowest BCUT2D eigenvalue weighted by atomic mass is 9.98. The minimum Gasteiger partial charge on any atom is -0.479 e. The molecule has 1 N–H and O–H groups in total. The standard InChI is InChI=1S/C21H20O5/c1-3-7-15-10-17-16(14-8-5-4-6-9-14)11-20(22)26-19(17)12-18(15)25-13(2)21(23)24/h4-6,8-13H,3,7H2,1-2H3,(H,23,24)/t13-/m0/s1. The number of carbonyl (C=O) groups is 1. The van der Waals surface area contributed by atoms with Crippen LogP contribution in [0.25, 0.3) is 22.1 Å². The van der Waals surface area contributed by atoms with Gasteiger partial charge in [0.15, 0.2) is 6.10 Å². The maximum atomic E-state index is 12.0. The minimum atomic E-state index is -1.05. The highest BCUT2D eigenvalue weighted by Gasteiger charge is 2.17. The van der Waals surface area contributed by atoms with E-state index in [0.29, 0.717) is 11.3 Å². The Morgan fingerprint density at radius 2 is 1.92 bits per heavy atom. The van der Waals surface area contributed by atoms with Gasteiger partial charge in [-0.2, -0.15) is 0 Å². The first kappa shape index (κ1) is 17.7. The van der Waals surface area contributed by atoms with Gasteiger partial charge in [-0.3, -0.25) is 0 Å². The molecule has 0 aliphatic rings. The minimum absolute atomic E-state index is 0.379. The summed E-state index contributed by atoms with van der Waals surface area (Å²) in [4.78, 5) is 23.2. The van der Waals surface area contributed by atoms with Crippen LogP contribution in [0.3, 0.4) is 0 Å². The van der Waals surface area contributed by atoms with E-state index in [2.05, 4.69) is 0 Å². The van der Waals surface area contributed by atoms with Gasteiger partial charge in [-0.15, -0.1) is 0 Å². The summed E-state index contributed by atoms with van der Waals surface area (Å²) in [7, 11) is 0. The first-order valence-corrected chi connectivity index (χ1v) is 8.55. The van der Waals surface area contributed by atoms with Crippen LogP contribution < -0.4 is 10.4 Å². The lowest BCUT2D eigenvalue weighted by Gasteiger charge is -2.16. The Balaban J connectivity index is 2.22. The molecule has 0 bridgehead atoms. The molecule has 0 saturated heterocycles. The van der Waals surface area contributed by atoms with Crippen molar-refractivity contribution in [2.45, 2.75) is 32.8 Å². The molecule has 5 heteroatoms. The molecule has 0 unspecified atom stereocenters. The average Bonchev–Trinajstić information content (AvgIpc) is 2.62. The predicted molar refractivity (Wildman–Crippen MR) is 99.6 cm³/mol. The smallest absolute Gasteiger partial charge is 0.344 e. The average molecular weight is 352 g/mol. The summed E-state index contributed by atoms with van der Waals surface area (Å²) in [6.45, 7) is 3.51. The summed E-state index contributed by atoms with van der Waals surface area (Å²) >= 11 is 0. The van der Waals surface area contributed by atoms with Gasteiger partial charge in [0.05, 0.1) is 0 Å². The number of carboxylic acids is 1. The maximum absolute atomic E-state index is 12.0. The van der Waals surface area contributed by atoms with Crippen LogP contribution in [0.2, 0.25) is 0 Å². The second-order valence-corrected chi connectivity index (χ2v) is 6.15. The number of hydrogen-bond acceptors (Lipinski definition) is 4. The van der Waals surface area contributed by atoms with Gasteiger partial charge >= 0.3 is 11.6 Å². The molecular weight excluding hydrogens is 332 g/mol. The molecule has 0 aliphatic carbocycles. The molecule has 26 heavy (non-hydrogen) atoms. The molecule has 2 aromatic carbocycles. The Hall–Kier alpha value is -3.08. The molecule has 134 valence electrons. The molecule has 1 atom stereocenters. The Morgan fingerprint density at radius 3 is 2.58 bits per heavy atom. The summed E-state index contributed by atoms with van der Waals surface area (Å²) in [5.41, 5.74) is 2.51. The fourth-order valence-electron chi connectivity index (χ4n) is 2.91. The molecule has 0 saturated carbocycles. The van der Waals surface area contributed by atoms with Gasteiger partial charge in [0.2, 0.25) is 0 Å². The highest BCUT2D eigenvalue weighted by molar-refractivity contribution is 5.94. The fourth-order valence-corrected chi connectivity index (χ4v) is 2.91. The Morgan fingerprint density at radius 1 is 1.19 bits per heavy atom. The zero-order chi connectivity index (χ0) is 18.7. The van der Waals surface area contributed by atoms with Gasteiger partial charge in [-0.05, 0) is 36.1 Å². The van der Waals surface area contributed by atoms with Gasteiger partial charge in [0.1, 0.15) is 11.3 Å².